The lowest BCUT2D eigenvalue weighted by molar-refractivity contribution is -0.139. The van der Waals surface area contributed by atoms with Gasteiger partial charge >= 0.3 is 5.97 Å². The van der Waals surface area contributed by atoms with Gasteiger partial charge in [0.1, 0.15) is 0 Å². The molecule has 1 saturated carbocycles. The highest BCUT2D eigenvalue weighted by atomic mass is 16.4. The molecule has 0 unspecified atom stereocenters. The first kappa shape index (κ1) is 12.5. The maximum absolute atomic E-state index is 10.4. The minimum absolute atomic E-state index is 0.242. The molecule has 1 rings (SSSR count). The average molecular weight is 215 g/mol. The van der Waals surface area contributed by atoms with Gasteiger partial charge in [-0.1, -0.05) is 32.1 Å². The molecular weight excluding hydrogens is 194 g/mol. The van der Waals surface area contributed by atoms with E-state index in [1.165, 1.54) is 32.1 Å². The van der Waals surface area contributed by atoms with Crippen LogP contribution in [0.5, 0.6) is 0 Å². The fraction of sp³-hybridized carbons (Fsp3) is 0.909. The van der Waals surface area contributed by atoms with Gasteiger partial charge in [0.2, 0.25) is 0 Å². The van der Waals surface area contributed by atoms with E-state index in [0.717, 1.165) is 6.42 Å². The van der Waals surface area contributed by atoms with E-state index in [1.807, 2.05) is 0 Å². The van der Waals surface area contributed by atoms with Gasteiger partial charge in [0.05, 0.1) is 12.5 Å². The van der Waals surface area contributed by atoms with Crippen molar-refractivity contribution in [1.29, 1.82) is 0 Å². The van der Waals surface area contributed by atoms with Crippen molar-refractivity contribution in [2.45, 2.75) is 57.1 Å². The summed E-state index contributed by atoms with van der Waals surface area (Å²) in [5, 5.41) is 18.0. The lowest BCUT2D eigenvalue weighted by atomic mass is 9.83. The molecule has 0 spiro atoms. The first-order valence-electron chi connectivity index (χ1n) is 5.75. The fourth-order valence-electron chi connectivity index (χ4n) is 2.30. The second kappa shape index (κ2) is 6.08. The van der Waals surface area contributed by atoms with Gasteiger partial charge in [0.25, 0.3) is 0 Å². The molecule has 1 aliphatic carbocycles. The highest BCUT2D eigenvalue weighted by Crippen LogP contribution is 2.27. The van der Waals surface area contributed by atoms with Gasteiger partial charge in [0, 0.05) is 6.04 Å². The maximum atomic E-state index is 10.4. The summed E-state index contributed by atoms with van der Waals surface area (Å²) in [6, 6.07) is -0.385. The van der Waals surface area contributed by atoms with E-state index < -0.39 is 12.1 Å². The minimum Gasteiger partial charge on any atom is -0.481 e. The topological polar surface area (TPSA) is 83.5 Å². The van der Waals surface area contributed by atoms with E-state index in [-0.39, 0.29) is 12.5 Å². The summed E-state index contributed by atoms with van der Waals surface area (Å²) in [5.41, 5.74) is 5.78. The molecule has 0 saturated heterocycles. The Morgan fingerprint density at radius 3 is 2.47 bits per heavy atom. The Labute approximate surface area is 90.5 Å². The number of carboxylic acid groups (broad SMARTS) is 1. The second-order valence-corrected chi connectivity index (χ2v) is 4.57. The van der Waals surface area contributed by atoms with E-state index in [4.69, 9.17) is 10.8 Å². The molecular formula is C11H21NO3. The molecule has 4 nitrogen and oxygen atoms in total. The zero-order chi connectivity index (χ0) is 11.3. The average Bonchev–Trinajstić information content (AvgIpc) is 2.18. The highest BCUT2D eigenvalue weighted by Gasteiger charge is 2.23. The molecule has 4 heteroatoms. The van der Waals surface area contributed by atoms with Crippen LogP contribution < -0.4 is 5.73 Å². The molecule has 0 amide bonds. The van der Waals surface area contributed by atoms with Gasteiger partial charge in [-0.25, -0.2) is 0 Å². The number of hydrogen-bond donors (Lipinski definition) is 3. The van der Waals surface area contributed by atoms with E-state index in [9.17, 15) is 9.90 Å². The van der Waals surface area contributed by atoms with Crippen molar-refractivity contribution in [2.24, 2.45) is 11.7 Å². The first-order valence-corrected chi connectivity index (χ1v) is 5.75. The third-order valence-corrected chi connectivity index (χ3v) is 3.21. The number of rotatable bonds is 5. The number of carboxylic acids is 1. The summed E-state index contributed by atoms with van der Waals surface area (Å²) in [4.78, 5) is 10.4. The third-order valence-electron chi connectivity index (χ3n) is 3.21. The Balaban J connectivity index is 2.26. The number of aliphatic hydroxyl groups excluding tert-OH is 1. The van der Waals surface area contributed by atoms with E-state index in [2.05, 4.69) is 0 Å². The maximum Gasteiger partial charge on any atom is 0.306 e. The van der Waals surface area contributed by atoms with Crippen LogP contribution in [0.4, 0.5) is 0 Å². The molecule has 4 N–H and O–H groups in total. The number of aliphatic hydroxyl groups is 1. The fourth-order valence-corrected chi connectivity index (χ4v) is 2.30. The number of carbonyl (C=O) groups is 1. The quantitative estimate of drug-likeness (QED) is 0.641. The molecule has 0 aromatic heterocycles. The summed E-state index contributed by atoms with van der Waals surface area (Å²) in [6.45, 7) is 0. The van der Waals surface area contributed by atoms with Crippen LogP contribution in [0.25, 0.3) is 0 Å². The summed E-state index contributed by atoms with van der Waals surface area (Å²) in [5.74, 6) is -0.404. The van der Waals surface area contributed by atoms with Crippen LogP contribution in [-0.2, 0) is 4.79 Å². The molecule has 0 heterocycles. The van der Waals surface area contributed by atoms with Crippen LogP contribution in [0.2, 0.25) is 0 Å². The van der Waals surface area contributed by atoms with Crippen LogP contribution in [0.15, 0.2) is 0 Å². The molecule has 1 fully saturated rings. The SMILES string of the molecule is N[C@@H](CC1CCCCC1)[C@@H](O)CC(=O)O. The van der Waals surface area contributed by atoms with Crippen LogP contribution in [0, 0.1) is 5.92 Å². The Morgan fingerprint density at radius 2 is 1.93 bits per heavy atom. The van der Waals surface area contributed by atoms with Crippen molar-refractivity contribution in [3.05, 3.63) is 0 Å². The molecule has 15 heavy (non-hydrogen) atoms. The number of nitrogens with two attached hydrogens (primary N) is 1. The van der Waals surface area contributed by atoms with Crippen molar-refractivity contribution >= 4 is 5.97 Å². The normalized spacial score (nSPS) is 22.3. The van der Waals surface area contributed by atoms with Crippen LogP contribution in [0.1, 0.15) is 44.9 Å². The van der Waals surface area contributed by atoms with Gasteiger partial charge < -0.3 is 15.9 Å². The number of aliphatic carboxylic acids is 1. The van der Waals surface area contributed by atoms with Gasteiger partial charge in [-0.05, 0) is 12.3 Å². The van der Waals surface area contributed by atoms with Crippen molar-refractivity contribution in [3.63, 3.8) is 0 Å². The van der Waals surface area contributed by atoms with Crippen LogP contribution in [-0.4, -0.2) is 28.3 Å². The van der Waals surface area contributed by atoms with Crippen molar-refractivity contribution < 1.29 is 15.0 Å². The standard InChI is InChI=1S/C11H21NO3/c12-9(10(13)7-11(14)15)6-8-4-2-1-3-5-8/h8-10,13H,1-7,12H2,(H,14,15)/t9-,10-/m0/s1. The van der Waals surface area contributed by atoms with Gasteiger partial charge in [-0.2, -0.15) is 0 Å². The lowest BCUT2D eigenvalue weighted by Crippen LogP contribution is -2.38. The summed E-state index contributed by atoms with van der Waals surface area (Å²) in [6.07, 6.45) is 5.75. The van der Waals surface area contributed by atoms with Crippen molar-refractivity contribution in [3.8, 4) is 0 Å². The number of hydrogen-bond acceptors (Lipinski definition) is 3. The second-order valence-electron chi connectivity index (χ2n) is 4.57. The molecule has 0 aromatic rings. The molecule has 0 aromatic carbocycles. The molecule has 0 radical (unpaired) electrons. The van der Waals surface area contributed by atoms with Gasteiger partial charge in [0.15, 0.2) is 0 Å². The van der Waals surface area contributed by atoms with E-state index >= 15 is 0 Å². The Hall–Kier alpha value is -0.610. The van der Waals surface area contributed by atoms with Crippen molar-refractivity contribution in [1.82, 2.24) is 0 Å². The predicted octanol–water partition coefficient (Wildman–Crippen LogP) is 1.12. The molecule has 0 bridgehead atoms. The summed E-state index contributed by atoms with van der Waals surface area (Å²) >= 11 is 0. The van der Waals surface area contributed by atoms with Crippen LogP contribution >= 0.6 is 0 Å². The minimum atomic E-state index is -0.985. The zero-order valence-electron chi connectivity index (χ0n) is 9.06. The van der Waals surface area contributed by atoms with Gasteiger partial charge in [-0.15, -0.1) is 0 Å². The van der Waals surface area contributed by atoms with E-state index in [0.29, 0.717) is 5.92 Å². The highest BCUT2D eigenvalue weighted by molar-refractivity contribution is 5.67. The lowest BCUT2D eigenvalue weighted by Gasteiger charge is -2.26. The Morgan fingerprint density at radius 1 is 1.33 bits per heavy atom. The third kappa shape index (κ3) is 4.62. The largest absolute Gasteiger partial charge is 0.481 e. The zero-order valence-corrected chi connectivity index (χ0v) is 9.06. The molecule has 88 valence electrons. The predicted molar refractivity (Wildman–Crippen MR) is 57.4 cm³/mol. The summed E-state index contributed by atoms with van der Waals surface area (Å²) in [7, 11) is 0. The van der Waals surface area contributed by atoms with Crippen LogP contribution in [0.3, 0.4) is 0 Å². The Kier molecular flexibility index (Phi) is 5.05. The monoisotopic (exact) mass is 215 g/mol. The Bertz CT molecular complexity index is 202. The van der Waals surface area contributed by atoms with Gasteiger partial charge in [-0.3, -0.25) is 4.79 Å². The molecule has 0 aliphatic heterocycles. The molecule has 2 atom stereocenters. The van der Waals surface area contributed by atoms with E-state index in [1.54, 1.807) is 0 Å². The first-order chi connectivity index (χ1) is 7.09. The molecule has 1 aliphatic rings. The summed E-state index contributed by atoms with van der Waals surface area (Å²) < 4.78 is 0. The smallest absolute Gasteiger partial charge is 0.306 e. The van der Waals surface area contributed by atoms with Crippen molar-refractivity contribution in [2.75, 3.05) is 0 Å².